The zero-order valence-corrected chi connectivity index (χ0v) is 19.8. The Morgan fingerprint density at radius 1 is 0.971 bits per heavy atom. The van der Waals surface area contributed by atoms with E-state index in [2.05, 4.69) is 4.72 Å². The number of nitrogens with one attached hydrogen (secondary N) is 1. The van der Waals surface area contributed by atoms with Crippen LogP contribution in [0.5, 0.6) is 0 Å². The Labute approximate surface area is 199 Å². The van der Waals surface area contributed by atoms with E-state index in [1.54, 1.807) is 24.3 Å². The van der Waals surface area contributed by atoms with E-state index in [1.165, 1.54) is 17.0 Å². The van der Waals surface area contributed by atoms with Crippen LogP contribution in [-0.4, -0.2) is 42.8 Å². The summed E-state index contributed by atoms with van der Waals surface area (Å²) >= 11 is 0. The van der Waals surface area contributed by atoms with Crippen molar-refractivity contribution in [3.8, 4) is 0 Å². The Balaban J connectivity index is 1.67. The number of nitrogens with zero attached hydrogens (tertiary/aromatic N) is 1. The molecule has 2 aliphatic rings. The maximum absolute atomic E-state index is 13.6. The highest BCUT2D eigenvalue weighted by atomic mass is 32.2. The molecule has 4 rings (SSSR count). The van der Waals surface area contributed by atoms with E-state index in [0.717, 1.165) is 24.0 Å². The van der Waals surface area contributed by atoms with E-state index in [1.807, 2.05) is 19.1 Å². The Hall–Kier alpha value is -3.20. The molecule has 1 aliphatic heterocycles. The summed E-state index contributed by atoms with van der Waals surface area (Å²) in [6.07, 6.45) is 2.82. The highest BCUT2D eigenvalue weighted by Crippen LogP contribution is 2.37. The van der Waals surface area contributed by atoms with Gasteiger partial charge in [-0.1, -0.05) is 54.8 Å². The van der Waals surface area contributed by atoms with Crippen molar-refractivity contribution in [3.05, 3.63) is 65.2 Å². The number of aliphatic carboxylic acids is 1. The van der Waals surface area contributed by atoms with Gasteiger partial charge in [-0.3, -0.25) is 14.4 Å². The van der Waals surface area contributed by atoms with Gasteiger partial charge in [0.05, 0.1) is 16.7 Å². The van der Waals surface area contributed by atoms with E-state index in [4.69, 9.17) is 0 Å². The molecule has 1 aliphatic carbocycles. The number of amides is 2. The van der Waals surface area contributed by atoms with Gasteiger partial charge in [-0.25, -0.2) is 13.1 Å². The topological polar surface area (TPSA) is 121 Å². The molecule has 1 heterocycles. The van der Waals surface area contributed by atoms with E-state index in [-0.39, 0.29) is 11.4 Å². The molecule has 2 aromatic carbocycles. The number of fused-ring (bicyclic) bond motifs is 1. The summed E-state index contributed by atoms with van der Waals surface area (Å²) in [7, 11) is -4.16. The number of rotatable bonds is 5. The summed E-state index contributed by atoms with van der Waals surface area (Å²) in [6.45, 7) is 2.04. The van der Waals surface area contributed by atoms with Crippen molar-refractivity contribution in [2.75, 3.05) is 6.54 Å². The minimum Gasteiger partial charge on any atom is -0.481 e. The van der Waals surface area contributed by atoms with Crippen LogP contribution in [0.3, 0.4) is 0 Å². The second-order valence-electron chi connectivity index (χ2n) is 9.00. The number of carbonyl (C=O) groups excluding carboxylic acids is 2. The van der Waals surface area contributed by atoms with Crippen LogP contribution in [0.2, 0.25) is 0 Å². The average molecular weight is 485 g/mol. The zero-order chi connectivity index (χ0) is 24.5. The van der Waals surface area contributed by atoms with Crippen LogP contribution in [0.1, 0.15) is 48.4 Å². The van der Waals surface area contributed by atoms with Crippen molar-refractivity contribution in [3.63, 3.8) is 0 Å². The van der Waals surface area contributed by atoms with Crippen LogP contribution < -0.4 is 4.72 Å². The fourth-order valence-electron chi connectivity index (χ4n) is 4.99. The molecular weight excluding hydrogens is 456 g/mol. The first-order valence-corrected chi connectivity index (χ1v) is 12.9. The molecule has 0 bridgehead atoms. The summed E-state index contributed by atoms with van der Waals surface area (Å²) in [6, 6.07) is 12.1. The van der Waals surface area contributed by atoms with Crippen LogP contribution in [0.4, 0.5) is 0 Å². The van der Waals surface area contributed by atoms with Gasteiger partial charge in [0.2, 0.25) is 5.91 Å². The fourth-order valence-corrected chi connectivity index (χ4v) is 5.98. The van der Waals surface area contributed by atoms with Gasteiger partial charge in [0.15, 0.2) is 0 Å². The lowest BCUT2D eigenvalue weighted by molar-refractivity contribution is -0.154. The monoisotopic (exact) mass is 484 g/mol. The molecule has 0 radical (unpaired) electrons. The quantitative estimate of drug-likeness (QED) is 0.673. The lowest BCUT2D eigenvalue weighted by Gasteiger charge is -2.40. The lowest BCUT2D eigenvalue weighted by atomic mass is 9.77. The number of carboxylic acid groups (broad SMARTS) is 1. The smallest absolute Gasteiger partial charge is 0.307 e. The third kappa shape index (κ3) is 4.70. The SMILES string of the molecule is Cc1ccc(S(=O)(=O)NC(=O)[C@@H]2c3ccccc3CCN2C(=O)[C@@H]2CCCC[C@@H]2C(=O)O)cc1. The number of sulfonamides is 1. The van der Waals surface area contributed by atoms with Gasteiger partial charge in [0.1, 0.15) is 6.04 Å². The van der Waals surface area contributed by atoms with Gasteiger partial charge in [-0.05, 0) is 49.4 Å². The Bertz CT molecular complexity index is 1210. The molecule has 8 nitrogen and oxygen atoms in total. The lowest BCUT2D eigenvalue weighted by Crippen LogP contribution is -2.51. The molecule has 2 aromatic rings. The average Bonchev–Trinajstić information content (AvgIpc) is 2.82. The van der Waals surface area contributed by atoms with E-state index in [9.17, 15) is 27.9 Å². The third-order valence-electron chi connectivity index (χ3n) is 6.78. The maximum Gasteiger partial charge on any atom is 0.307 e. The maximum atomic E-state index is 13.6. The Kier molecular flexibility index (Phi) is 6.74. The predicted octanol–water partition coefficient (Wildman–Crippen LogP) is 2.82. The number of hydrogen-bond donors (Lipinski definition) is 2. The molecule has 34 heavy (non-hydrogen) atoms. The molecule has 0 aromatic heterocycles. The highest BCUT2D eigenvalue weighted by Gasteiger charge is 2.43. The summed E-state index contributed by atoms with van der Waals surface area (Å²) in [5, 5.41) is 9.66. The molecule has 180 valence electrons. The van der Waals surface area contributed by atoms with Gasteiger partial charge in [0, 0.05) is 6.54 Å². The first-order chi connectivity index (χ1) is 16.2. The number of benzene rings is 2. The summed E-state index contributed by atoms with van der Waals surface area (Å²) in [5.74, 6) is -3.80. The first-order valence-electron chi connectivity index (χ1n) is 11.4. The normalized spacial score (nSPS) is 22.5. The van der Waals surface area contributed by atoms with Crippen LogP contribution in [-0.2, 0) is 30.8 Å². The van der Waals surface area contributed by atoms with Gasteiger partial charge in [-0.15, -0.1) is 0 Å². The number of carbonyl (C=O) groups is 3. The molecular formula is C25H28N2O6S. The van der Waals surface area contributed by atoms with E-state index >= 15 is 0 Å². The van der Waals surface area contributed by atoms with Crippen molar-refractivity contribution >= 4 is 27.8 Å². The van der Waals surface area contributed by atoms with Crippen molar-refractivity contribution < 1.29 is 27.9 Å². The molecule has 1 fully saturated rings. The molecule has 3 atom stereocenters. The Morgan fingerprint density at radius 2 is 1.62 bits per heavy atom. The summed E-state index contributed by atoms with van der Waals surface area (Å²) in [5.41, 5.74) is 2.29. The standard InChI is InChI=1S/C25H28N2O6S/c1-16-10-12-18(13-11-16)34(32,33)26-23(28)22-19-7-3-2-6-17(19)14-15-27(22)24(29)20-8-4-5-9-21(20)25(30)31/h2-3,6-7,10-13,20-22H,4-5,8-9,14-15H2,1H3,(H,26,28)(H,30,31)/t20-,21+,22+/m1/s1. The van der Waals surface area contributed by atoms with Crippen LogP contribution in [0.25, 0.3) is 0 Å². The van der Waals surface area contributed by atoms with Gasteiger partial charge >= 0.3 is 5.97 Å². The van der Waals surface area contributed by atoms with Gasteiger partial charge in [0.25, 0.3) is 15.9 Å². The molecule has 9 heteroatoms. The number of aryl methyl sites for hydroxylation is 1. The minimum atomic E-state index is -4.16. The molecule has 0 spiro atoms. The van der Waals surface area contributed by atoms with Gasteiger partial charge < -0.3 is 10.0 Å². The summed E-state index contributed by atoms with van der Waals surface area (Å²) < 4.78 is 28.0. The second-order valence-corrected chi connectivity index (χ2v) is 10.7. The first kappa shape index (κ1) is 23.9. The van der Waals surface area contributed by atoms with E-state index in [0.29, 0.717) is 24.8 Å². The minimum absolute atomic E-state index is 0.0494. The largest absolute Gasteiger partial charge is 0.481 e. The van der Waals surface area contributed by atoms with Crippen molar-refractivity contribution in [2.24, 2.45) is 11.8 Å². The van der Waals surface area contributed by atoms with Crippen LogP contribution in [0.15, 0.2) is 53.4 Å². The third-order valence-corrected chi connectivity index (χ3v) is 8.14. The zero-order valence-electron chi connectivity index (χ0n) is 18.9. The second kappa shape index (κ2) is 9.58. The summed E-state index contributed by atoms with van der Waals surface area (Å²) in [4.78, 5) is 40.2. The Morgan fingerprint density at radius 3 is 2.29 bits per heavy atom. The molecule has 2 amide bonds. The van der Waals surface area contributed by atoms with Crippen molar-refractivity contribution in [2.45, 2.75) is 50.0 Å². The number of hydrogen-bond acceptors (Lipinski definition) is 5. The van der Waals surface area contributed by atoms with Crippen molar-refractivity contribution in [1.29, 1.82) is 0 Å². The molecule has 1 saturated carbocycles. The van der Waals surface area contributed by atoms with Gasteiger partial charge in [-0.2, -0.15) is 0 Å². The molecule has 2 N–H and O–H groups in total. The fraction of sp³-hybridized carbons (Fsp3) is 0.400. The molecule has 0 saturated heterocycles. The molecule has 0 unspecified atom stereocenters. The van der Waals surface area contributed by atoms with Crippen molar-refractivity contribution in [1.82, 2.24) is 9.62 Å². The van der Waals surface area contributed by atoms with Crippen LogP contribution >= 0.6 is 0 Å². The highest BCUT2D eigenvalue weighted by molar-refractivity contribution is 7.90. The van der Waals surface area contributed by atoms with Crippen LogP contribution in [0, 0.1) is 18.8 Å². The number of carboxylic acids is 1. The van der Waals surface area contributed by atoms with E-state index < -0.39 is 45.7 Å². The predicted molar refractivity (Wildman–Crippen MR) is 124 cm³/mol.